The number of aromatic nitrogens is 2. The number of hydrogen-bond donors (Lipinski definition) is 1. The minimum absolute atomic E-state index is 0.700. The third-order valence-electron chi connectivity index (χ3n) is 2.32. The van der Waals surface area contributed by atoms with Gasteiger partial charge in [-0.3, -0.25) is 4.68 Å². The Morgan fingerprint density at radius 2 is 2.38 bits per heavy atom. The topological polar surface area (TPSA) is 47.3 Å². The number of aliphatic hydroxyl groups is 1. The molecule has 0 fully saturated rings. The molecule has 0 saturated carbocycles. The van der Waals surface area contributed by atoms with E-state index in [0.717, 1.165) is 15.0 Å². The molecule has 2 aromatic rings. The van der Waals surface area contributed by atoms with Crippen LogP contribution in [0.2, 0.25) is 0 Å². The Morgan fingerprint density at radius 1 is 1.62 bits per heavy atom. The van der Waals surface area contributed by atoms with Gasteiger partial charge in [0, 0.05) is 7.05 Å². The van der Waals surface area contributed by atoms with Gasteiger partial charge in [-0.1, -0.05) is 0 Å². The highest BCUT2D eigenvalue weighted by molar-refractivity contribution is 9.10. The molecule has 0 spiro atoms. The zero-order valence-electron chi connectivity index (χ0n) is 8.85. The highest BCUT2D eigenvalue weighted by atomic mass is 79.9. The van der Waals surface area contributed by atoms with Crippen LogP contribution in [0.3, 0.4) is 0 Å². The molecule has 6 heteroatoms. The summed E-state index contributed by atoms with van der Waals surface area (Å²) in [4.78, 5) is 0.784. The molecule has 0 aliphatic rings. The van der Waals surface area contributed by atoms with Crippen LogP contribution >= 0.6 is 27.3 Å². The minimum Gasteiger partial charge on any atom is -0.495 e. The minimum atomic E-state index is -0.725. The first-order valence-corrected chi connectivity index (χ1v) is 6.29. The van der Waals surface area contributed by atoms with Gasteiger partial charge in [0.15, 0.2) is 0 Å². The van der Waals surface area contributed by atoms with Gasteiger partial charge in [0.2, 0.25) is 0 Å². The van der Waals surface area contributed by atoms with E-state index in [-0.39, 0.29) is 0 Å². The van der Waals surface area contributed by atoms with E-state index in [2.05, 4.69) is 21.0 Å². The third-order valence-corrected chi connectivity index (χ3v) is 3.88. The molecule has 2 heterocycles. The zero-order chi connectivity index (χ0) is 11.7. The molecule has 1 atom stereocenters. The average Bonchev–Trinajstić information content (AvgIpc) is 2.85. The number of hydrogen-bond acceptors (Lipinski definition) is 4. The standard InChI is InChI=1S/C10H11BrN2O2S/c1-13-8(6(11)5-12-13)9(14)10-7(15-2)3-4-16-10/h3-5,9,14H,1-2H3. The van der Waals surface area contributed by atoms with Crippen molar-refractivity contribution in [3.63, 3.8) is 0 Å². The summed E-state index contributed by atoms with van der Waals surface area (Å²) in [5.74, 6) is 0.700. The molecule has 4 nitrogen and oxygen atoms in total. The van der Waals surface area contributed by atoms with Gasteiger partial charge in [-0.05, 0) is 27.4 Å². The summed E-state index contributed by atoms with van der Waals surface area (Å²) in [5, 5.41) is 16.2. The van der Waals surface area contributed by atoms with E-state index in [1.807, 2.05) is 11.4 Å². The van der Waals surface area contributed by atoms with Crippen molar-refractivity contribution < 1.29 is 9.84 Å². The summed E-state index contributed by atoms with van der Waals surface area (Å²) in [6.45, 7) is 0. The molecule has 86 valence electrons. The molecule has 0 aromatic carbocycles. The smallest absolute Gasteiger partial charge is 0.135 e. The second kappa shape index (κ2) is 4.57. The highest BCUT2D eigenvalue weighted by Crippen LogP contribution is 2.36. The van der Waals surface area contributed by atoms with E-state index in [1.54, 1.807) is 25.0 Å². The van der Waals surface area contributed by atoms with Crippen LogP contribution in [0.5, 0.6) is 5.75 Å². The fraction of sp³-hybridized carbons (Fsp3) is 0.300. The number of rotatable bonds is 3. The maximum Gasteiger partial charge on any atom is 0.135 e. The van der Waals surface area contributed by atoms with Gasteiger partial charge in [0.1, 0.15) is 11.9 Å². The average molecular weight is 303 g/mol. The van der Waals surface area contributed by atoms with Crippen LogP contribution in [0.25, 0.3) is 0 Å². The predicted octanol–water partition coefficient (Wildman–Crippen LogP) is 2.33. The molecule has 16 heavy (non-hydrogen) atoms. The molecule has 0 aliphatic carbocycles. The van der Waals surface area contributed by atoms with Gasteiger partial charge in [-0.25, -0.2) is 0 Å². The Kier molecular flexibility index (Phi) is 3.32. The molecule has 0 aliphatic heterocycles. The van der Waals surface area contributed by atoms with Crippen LogP contribution in [-0.2, 0) is 7.05 Å². The van der Waals surface area contributed by atoms with Crippen LogP contribution in [0.1, 0.15) is 16.7 Å². The lowest BCUT2D eigenvalue weighted by atomic mass is 10.2. The first-order chi connectivity index (χ1) is 7.65. The Bertz CT molecular complexity index is 475. The van der Waals surface area contributed by atoms with Gasteiger partial charge in [0.25, 0.3) is 0 Å². The summed E-state index contributed by atoms with van der Waals surface area (Å²) < 4.78 is 7.63. The van der Waals surface area contributed by atoms with E-state index in [9.17, 15) is 5.11 Å². The van der Waals surface area contributed by atoms with Crippen LogP contribution in [0.15, 0.2) is 22.1 Å². The van der Waals surface area contributed by atoms with E-state index in [1.165, 1.54) is 11.3 Å². The molecule has 0 saturated heterocycles. The maximum absolute atomic E-state index is 10.3. The van der Waals surface area contributed by atoms with Gasteiger partial charge >= 0.3 is 0 Å². The Balaban J connectivity index is 2.43. The summed E-state index contributed by atoms with van der Waals surface area (Å²) in [5.41, 5.74) is 0.723. The van der Waals surface area contributed by atoms with E-state index >= 15 is 0 Å². The Morgan fingerprint density at radius 3 is 2.94 bits per heavy atom. The Labute approximate surface area is 106 Å². The molecule has 1 N–H and O–H groups in total. The van der Waals surface area contributed by atoms with Crippen molar-refractivity contribution in [1.29, 1.82) is 0 Å². The number of aryl methyl sites for hydroxylation is 1. The molecule has 0 bridgehead atoms. The normalized spacial score (nSPS) is 12.8. The molecule has 1 unspecified atom stereocenters. The van der Waals surface area contributed by atoms with Crippen molar-refractivity contribution in [2.45, 2.75) is 6.10 Å². The predicted molar refractivity (Wildman–Crippen MR) is 65.8 cm³/mol. The third kappa shape index (κ3) is 1.88. The largest absolute Gasteiger partial charge is 0.495 e. The molecular weight excluding hydrogens is 292 g/mol. The summed E-state index contributed by atoms with van der Waals surface area (Å²) in [6.07, 6.45) is 0.940. The lowest BCUT2D eigenvalue weighted by Gasteiger charge is -2.12. The Hall–Kier alpha value is -0.850. The van der Waals surface area contributed by atoms with Crippen molar-refractivity contribution in [3.8, 4) is 5.75 Å². The lowest BCUT2D eigenvalue weighted by molar-refractivity contribution is 0.208. The van der Waals surface area contributed by atoms with Gasteiger partial charge in [-0.2, -0.15) is 5.10 Å². The highest BCUT2D eigenvalue weighted by Gasteiger charge is 2.22. The van der Waals surface area contributed by atoms with Gasteiger partial charge in [-0.15, -0.1) is 11.3 Å². The van der Waals surface area contributed by atoms with E-state index in [4.69, 9.17) is 4.74 Å². The molecule has 0 radical (unpaired) electrons. The number of halogens is 1. The monoisotopic (exact) mass is 302 g/mol. The SMILES string of the molecule is COc1ccsc1C(O)c1c(Br)cnn1C. The fourth-order valence-electron chi connectivity index (χ4n) is 1.53. The van der Waals surface area contributed by atoms with Crippen LogP contribution < -0.4 is 4.74 Å². The van der Waals surface area contributed by atoms with Crippen LogP contribution in [-0.4, -0.2) is 22.0 Å². The summed E-state index contributed by atoms with van der Waals surface area (Å²) in [7, 11) is 3.39. The van der Waals surface area contributed by atoms with Crippen molar-refractivity contribution in [3.05, 3.63) is 32.7 Å². The van der Waals surface area contributed by atoms with Crippen LogP contribution in [0, 0.1) is 0 Å². The summed E-state index contributed by atoms with van der Waals surface area (Å²) >= 11 is 4.83. The quantitative estimate of drug-likeness (QED) is 0.946. The second-order valence-corrected chi connectivity index (χ2v) is 5.06. The number of thiophene rings is 1. The first-order valence-electron chi connectivity index (χ1n) is 4.62. The summed E-state index contributed by atoms with van der Waals surface area (Å²) in [6, 6.07) is 1.84. The molecule has 2 rings (SSSR count). The van der Waals surface area contributed by atoms with E-state index in [0.29, 0.717) is 5.75 Å². The molecule has 2 aromatic heterocycles. The maximum atomic E-state index is 10.3. The number of nitrogens with zero attached hydrogens (tertiary/aromatic N) is 2. The van der Waals surface area contributed by atoms with Crippen molar-refractivity contribution in [1.82, 2.24) is 9.78 Å². The lowest BCUT2D eigenvalue weighted by Crippen LogP contribution is -2.06. The second-order valence-electron chi connectivity index (χ2n) is 3.26. The fourth-order valence-corrected chi connectivity index (χ4v) is 2.94. The number of ether oxygens (including phenoxy) is 1. The number of methoxy groups -OCH3 is 1. The van der Waals surface area contributed by atoms with Crippen LogP contribution in [0.4, 0.5) is 0 Å². The van der Waals surface area contributed by atoms with Gasteiger partial charge < -0.3 is 9.84 Å². The van der Waals surface area contributed by atoms with Crippen molar-refractivity contribution in [2.75, 3.05) is 7.11 Å². The molecule has 0 amide bonds. The zero-order valence-corrected chi connectivity index (χ0v) is 11.2. The number of aliphatic hydroxyl groups excluding tert-OH is 1. The first kappa shape index (κ1) is 11.6. The van der Waals surface area contributed by atoms with E-state index < -0.39 is 6.10 Å². The van der Waals surface area contributed by atoms with Crippen molar-refractivity contribution >= 4 is 27.3 Å². The molecular formula is C10H11BrN2O2S. The van der Waals surface area contributed by atoms with Gasteiger partial charge in [0.05, 0.1) is 28.4 Å². The van der Waals surface area contributed by atoms with Crippen molar-refractivity contribution in [2.24, 2.45) is 7.05 Å².